The molecular weight excluding hydrogens is 1660 g/mol. The molecule has 0 aliphatic carbocycles. The molecule has 7 heterocycles. The standard InChI is InChI=1S/C129H83BN4O3/c1-129(2)106-47-25-30-52-120(106)135-121-70-63-92(73-107(121)129)93-74-116-124-117(75-93)134(126-101(89-59-55-85(56-60-89)81-33-11-4-12-34-81)79-103(87-41-19-8-20-42-87)128-123(126)99-46-24-29-51-119(99)137-128)115-77-95(132-111-49-27-22-44-97(111)105-72-91(62-69-113(105)132)83-37-15-6-16-38-83)65-67-109(115)130(124)108-66-64-94(131-110-48-26-21-43-96(110)104-71-90(61-68-112(104)131)82-35-13-5-14-36-82)76-114(108)133(116)125-100(88-57-53-84(54-58-88)80-31-9-3-10-32-80)78-102(86-39-17-7-18-40-86)127-122(125)98-45-23-28-50-118(98)136-127/h3-79H,1-2H3/i21D,22D,26D,27D,43D,44D,48D,49D,61D,62D,68D,69D,71D,72D. The predicted octanol–water partition coefficient (Wildman–Crippen LogP) is 33.2. The lowest BCUT2D eigenvalue weighted by atomic mass is 9.33. The Labute approximate surface area is 811 Å². The van der Waals surface area contributed by atoms with E-state index >= 15 is 0 Å². The van der Waals surface area contributed by atoms with E-state index in [1.165, 1.54) is 0 Å². The van der Waals surface area contributed by atoms with E-state index in [0.29, 0.717) is 112 Å². The summed E-state index contributed by atoms with van der Waals surface area (Å²) in [6.45, 7) is 3.53. The van der Waals surface area contributed by atoms with E-state index in [2.05, 4.69) is 194 Å². The summed E-state index contributed by atoms with van der Waals surface area (Å²) >= 11 is 0. The van der Waals surface area contributed by atoms with Crippen LogP contribution >= 0.6 is 0 Å². The first-order valence-electron chi connectivity index (χ1n) is 53.1. The number of aromatic nitrogens is 2. The molecule has 0 radical (unpaired) electrons. The first-order chi connectivity index (χ1) is 73.6. The minimum Gasteiger partial charge on any atom is -0.457 e. The van der Waals surface area contributed by atoms with Gasteiger partial charge >= 0.3 is 0 Å². The Hall–Kier alpha value is -17.7. The van der Waals surface area contributed by atoms with Gasteiger partial charge in [0.25, 0.3) is 6.71 Å². The zero-order valence-electron chi connectivity index (χ0n) is 88.0. The summed E-state index contributed by atoms with van der Waals surface area (Å²) in [4.78, 5) is 4.71. The first kappa shape index (κ1) is 65.0. The molecule has 4 aromatic heterocycles. The fourth-order valence-corrected chi connectivity index (χ4v) is 21.8. The van der Waals surface area contributed by atoms with Gasteiger partial charge in [0.05, 0.1) is 63.4 Å². The van der Waals surface area contributed by atoms with Gasteiger partial charge in [0.15, 0.2) is 0 Å². The van der Waals surface area contributed by atoms with Crippen LogP contribution in [0.5, 0.6) is 11.5 Å². The van der Waals surface area contributed by atoms with Crippen molar-refractivity contribution >= 4 is 145 Å². The number of nitrogens with zero attached hydrogens (tertiary/aromatic N) is 4. The maximum absolute atomic E-state index is 10.6. The van der Waals surface area contributed by atoms with E-state index in [1.54, 1.807) is 57.7 Å². The third-order valence-corrected chi connectivity index (χ3v) is 28.2. The van der Waals surface area contributed by atoms with E-state index < -0.39 is 60.5 Å². The second-order valence-corrected chi connectivity index (χ2v) is 36.1. The SMILES string of the molecule is [2H]c1c([2H])c([2H])c2c(c1[2H])c1c([2H])c(-c3ccccc3)c([2H])c([2H])c1n2-c1ccc2c(c1)N(c1c(-c3ccc(-c4ccccc4)cc3)cc(-c3ccccc3)c3oc4ccccc4c13)c1cc(-c3ccc4c(c3)C(C)(C)c3ccccc3O4)cc3c1B2c1ccc(-n2c4c([2H])c([2H])c([2H])c([2H])c4c4c([2H])c(-c5ccccc5)c([2H])c([2H])c42)cc1N3c1c(-c2ccc(-c3ccccc3)cc2)cc(-c2ccccc2)c2oc3ccccc3c12. The molecule has 0 saturated heterocycles. The molecule has 0 bridgehead atoms. The van der Waals surface area contributed by atoms with Crippen LogP contribution in [0, 0.1) is 0 Å². The maximum atomic E-state index is 10.6. The monoisotopic (exact) mass is 1760 g/mol. The Bertz CT molecular complexity index is 9670. The largest absolute Gasteiger partial charge is 0.457 e. The summed E-state index contributed by atoms with van der Waals surface area (Å²) in [5.74, 6) is 1.40. The topological polar surface area (TPSA) is 51.9 Å². The number of hydrogen-bond acceptors (Lipinski definition) is 5. The summed E-state index contributed by atoms with van der Waals surface area (Å²) in [6.07, 6.45) is 0. The Kier molecular flexibility index (Phi) is 14.5. The quantitative estimate of drug-likeness (QED) is 0.108. The van der Waals surface area contributed by atoms with Gasteiger partial charge in [-0.2, -0.15) is 0 Å². The Morgan fingerprint density at radius 1 is 0.263 bits per heavy atom. The lowest BCUT2D eigenvalue weighted by Crippen LogP contribution is -2.61. The van der Waals surface area contributed by atoms with E-state index in [9.17, 15) is 19.2 Å². The van der Waals surface area contributed by atoms with Crippen LogP contribution in [-0.4, -0.2) is 15.8 Å². The van der Waals surface area contributed by atoms with Crippen LogP contribution in [-0.2, 0) is 5.41 Å². The summed E-state index contributed by atoms with van der Waals surface area (Å²) in [7, 11) is 0. The number of anilines is 6. The van der Waals surface area contributed by atoms with E-state index in [-0.39, 0.29) is 91.0 Å². The average molecular weight is 1760 g/mol. The van der Waals surface area contributed by atoms with Crippen molar-refractivity contribution in [3.05, 3.63) is 478 Å². The van der Waals surface area contributed by atoms with Gasteiger partial charge in [-0.3, -0.25) is 0 Å². The Balaban J connectivity index is 0.845. The first-order valence-corrected chi connectivity index (χ1v) is 46.1. The summed E-state index contributed by atoms with van der Waals surface area (Å²) < 4.78 is 168. The van der Waals surface area contributed by atoms with Crippen molar-refractivity contribution in [3.8, 4) is 123 Å². The Morgan fingerprint density at radius 3 is 1.09 bits per heavy atom. The van der Waals surface area contributed by atoms with Gasteiger partial charge in [-0.15, -0.1) is 0 Å². The predicted molar refractivity (Wildman–Crippen MR) is 571 cm³/mol. The van der Waals surface area contributed by atoms with Crippen molar-refractivity contribution in [2.75, 3.05) is 9.80 Å². The molecule has 3 aliphatic rings. The third-order valence-electron chi connectivity index (χ3n) is 28.2. The van der Waals surface area contributed by atoms with Crippen LogP contribution < -0.4 is 30.9 Å². The van der Waals surface area contributed by atoms with E-state index in [1.807, 2.05) is 164 Å². The zero-order valence-corrected chi connectivity index (χ0v) is 74.0. The molecule has 0 N–H and O–H groups in total. The maximum Gasteiger partial charge on any atom is 0.252 e. The van der Waals surface area contributed by atoms with Crippen molar-refractivity contribution < 1.29 is 32.8 Å². The summed E-state index contributed by atoms with van der Waals surface area (Å²) in [6, 6.07) is 122. The lowest BCUT2D eigenvalue weighted by molar-refractivity contribution is 0.418. The number of para-hydroxylation sites is 5. The highest BCUT2D eigenvalue weighted by Gasteiger charge is 2.47. The number of ether oxygens (including phenoxy) is 1. The molecule has 0 unspecified atom stereocenters. The van der Waals surface area contributed by atoms with Crippen LogP contribution in [0.1, 0.15) is 44.2 Å². The highest BCUT2D eigenvalue weighted by molar-refractivity contribution is 7.00. The van der Waals surface area contributed by atoms with E-state index in [4.69, 9.17) is 13.6 Å². The smallest absolute Gasteiger partial charge is 0.252 e. The summed E-state index contributed by atoms with van der Waals surface area (Å²) in [5.41, 5.74) is 22.9. The molecule has 137 heavy (non-hydrogen) atoms. The van der Waals surface area contributed by atoms with Gasteiger partial charge in [-0.25, -0.2) is 0 Å². The van der Waals surface area contributed by atoms with Crippen molar-refractivity contribution in [1.29, 1.82) is 0 Å². The highest BCUT2D eigenvalue weighted by Crippen LogP contribution is 2.59. The normalized spacial score (nSPS) is 14.4. The highest BCUT2D eigenvalue weighted by atomic mass is 16.5. The van der Waals surface area contributed by atoms with Gasteiger partial charge in [0, 0.05) is 105 Å². The lowest BCUT2D eigenvalue weighted by Gasteiger charge is -2.45. The van der Waals surface area contributed by atoms with Gasteiger partial charge in [-0.05, 0) is 209 Å². The van der Waals surface area contributed by atoms with Crippen molar-refractivity contribution in [1.82, 2.24) is 9.13 Å². The second kappa shape index (κ2) is 30.7. The fourth-order valence-electron chi connectivity index (χ4n) is 21.8. The minimum atomic E-state index is -0.916. The van der Waals surface area contributed by atoms with Crippen LogP contribution in [0.25, 0.3) is 199 Å². The van der Waals surface area contributed by atoms with Crippen molar-refractivity contribution in [2.45, 2.75) is 19.3 Å². The molecule has 8 heteroatoms. The average Bonchev–Trinajstić information content (AvgIpc) is 1.67. The molecule has 640 valence electrons. The molecule has 21 aromatic carbocycles. The molecule has 0 amide bonds. The van der Waals surface area contributed by atoms with Crippen molar-refractivity contribution in [2.24, 2.45) is 0 Å². The second-order valence-electron chi connectivity index (χ2n) is 36.1. The van der Waals surface area contributed by atoms with Crippen LogP contribution in [0.2, 0.25) is 0 Å². The molecule has 7 nitrogen and oxygen atoms in total. The molecule has 25 aromatic rings. The minimum absolute atomic E-state index is 0.00529. The van der Waals surface area contributed by atoms with Gasteiger partial charge < -0.3 is 32.5 Å². The van der Waals surface area contributed by atoms with Gasteiger partial charge in [0.2, 0.25) is 0 Å². The summed E-state index contributed by atoms with van der Waals surface area (Å²) in [5, 5.41) is 3.03. The Morgan fingerprint density at radius 2 is 0.628 bits per heavy atom. The number of benzene rings is 21. The fraction of sp³-hybridized carbons (Fsp3) is 0.0233. The van der Waals surface area contributed by atoms with E-state index in [0.717, 1.165) is 105 Å². The molecule has 0 atom stereocenters. The number of fused-ring (bicyclic) bond motifs is 18. The molecular formula is C129H83BN4O3. The van der Waals surface area contributed by atoms with Gasteiger partial charge in [0.1, 0.15) is 33.8 Å². The number of rotatable bonds is 13. The molecule has 0 spiro atoms. The molecule has 0 fully saturated rings. The third kappa shape index (κ3) is 12.2. The zero-order chi connectivity index (χ0) is 102. The molecule has 0 saturated carbocycles. The van der Waals surface area contributed by atoms with Crippen molar-refractivity contribution in [3.63, 3.8) is 0 Å². The van der Waals surface area contributed by atoms with Crippen LogP contribution in [0.4, 0.5) is 34.1 Å². The van der Waals surface area contributed by atoms with Gasteiger partial charge in [-0.1, -0.05) is 366 Å². The number of furan rings is 2. The van der Waals surface area contributed by atoms with Crippen LogP contribution in [0.15, 0.2) is 476 Å². The number of hydrogen-bond donors (Lipinski definition) is 0. The molecule has 3 aliphatic heterocycles. The molecule has 28 rings (SSSR count). The van der Waals surface area contributed by atoms with Crippen LogP contribution in [0.3, 0.4) is 0 Å².